The highest BCUT2D eigenvalue weighted by Gasteiger charge is 2.20. The standard InChI is InChI=1S/C20H25ClN4O3S2/c1-15-2-7-18(23-20(29)22-8-9-25-10-12-28-13-11-25)19(14-15)30(26,27)24-17-5-3-16(21)4-6-17/h2-7,14,24H,8-13H2,1H3,(H2,22,23,29). The first-order chi connectivity index (χ1) is 14.3. The number of thiocarbonyl (C=S) groups is 1. The van der Waals surface area contributed by atoms with Gasteiger partial charge in [-0.3, -0.25) is 9.62 Å². The summed E-state index contributed by atoms with van der Waals surface area (Å²) in [5.41, 5.74) is 1.66. The average molecular weight is 469 g/mol. The molecule has 1 saturated heterocycles. The van der Waals surface area contributed by atoms with E-state index in [1.54, 1.807) is 36.4 Å². The number of nitrogens with one attached hydrogen (secondary N) is 3. The lowest BCUT2D eigenvalue weighted by molar-refractivity contribution is 0.0389. The van der Waals surface area contributed by atoms with Crippen LogP contribution in [0.2, 0.25) is 5.02 Å². The molecule has 1 fully saturated rings. The summed E-state index contributed by atoms with van der Waals surface area (Å²) in [6, 6.07) is 11.6. The Kier molecular flexibility index (Phi) is 7.90. The average Bonchev–Trinajstić information content (AvgIpc) is 2.71. The molecule has 0 amide bonds. The largest absolute Gasteiger partial charge is 0.379 e. The van der Waals surface area contributed by atoms with E-state index in [1.165, 1.54) is 0 Å². The summed E-state index contributed by atoms with van der Waals surface area (Å²) < 4.78 is 33.9. The fourth-order valence-electron chi connectivity index (χ4n) is 3.00. The highest BCUT2D eigenvalue weighted by Crippen LogP contribution is 2.25. The highest BCUT2D eigenvalue weighted by atomic mass is 35.5. The third kappa shape index (κ3) is 6.55. The van der Waals surface area contributed by atoms with Crippen LogP contribution in [0.25, 0.3) is 0 Å². The fourth-order valence-corrected chi connectivity index (χ4v) is 4.65. The quantitative estimate of drug-likeness (QED) is 0.538. The van der Waals surface area contributed by atoms with Gasteiger partial charge in [-0.1, -0.05) is 17.7 Å². The van der Waals surface area contributed by atoms with E-state index >= 15 is 0 Å². The van der Waals surface area contributed by atoms with Crippen LogP contribution in [-0.2, 0) is 14.8 Å². The maximum Gasteiger partial charge on any atom is 0.263 e. The van der Waals surface area contributed by atoms with Gasteiger partial charge in [-0.15, -0.1) is 0 Å². The summed E-state index contributed by atoms with van der Waals surface area (Å²) in [7, 11) is -3.83. The molecule has 2 aromatic rings. The second kappa shape index (κ2) is 10.4. The molecule has 0 bridgehead atoms. The van der Waals surface area contributed by atoms with Gasteiger partial charge in [0.15, 0.2) is 5.11 Å². The number of hydrogen-bond donors (Lipinski definition) is 3. The van der Waals surface area contributed by atoms with Crippen LogP contribution in [0.5, 0.6) is 0 Å². The number of morpholine rings is 1. The van der Waals surface area contributed by atoms with Crippen LogP contribution in [-0.4, -0.2) is 57.8 Å². The second-order valence-electron chi connectivity index (χ2n) is 6.95. The molecule has 0 aromatic heterocycles. The van der Waals surface area contributed by atoms with Crippen LogP contribution < -0.4 is 15.4 Å². The van der Waals surface area contributed by atoms with Gasteiger partial charge >= 0.3 is 0 Å². The number of anilines is 2. The lowest BCUT2D eigenvalue weighted by atomic mass is 10.2. The molecule has 3 rings (SSSR count). The predicted molar refractivity (Wildman–Crippen MR) is 125 cm³/mol. The van der Waals surface area contributed by atoms with E-state index < -0.39 is 10.0 Å². The number of sulfonamides is 1. The summed E-state index contributed by atoms with van der Waals surface area (Å²) >= 11 is 11.2. The lowest BCUT2D eigenvalue weighted by Gasteiger charge is -2.26. The van der Waals surface area contributed by atoms with Crippen LogP contribution in [0.1, 0.15) is 5.56 Å². The van der Waals surface area contributed by atoms with Gasteiger partial charge in [0.05, 0.1) is 18.9 Å². The van der Waals surface area contributed by atoms with E-state index in [9.17, 15) is 8.42 Å². The minimum Gasteiger partial charge on any atom is -0.379 e. The fraction of sp³-hybridized carbons (Fsp3) is 0.350. The van der Waals surface area contributed by atoms with Crippen LogP contribution in [0.3, 0.4) is 0 Å². The van der Waals surface area contributed by atoms with Crippen molar-refractivity contribution in [1.29, 1.82) is 0 Å². The van der Waals surface area contributed by atoms with Crippen molar-refractivity contribution in [1.82, 2.24) is 10.2 Å². The predicted octanol–water partition coefficient (Wildman–Crippen LogP) is 3.07. The molecule has 162 valence electrons. The summed E-state index contributed by atoms with van der Waals surface area (Å²) in [5.74, 6) is 0. The summed E-state index contributed by atoms with van der Waals surface area (Å²) in [6.07, 6.45) is 0. The Labute approximate surface area is 187 Å². The van der Waals surface area contributed by atoms with E-state index in [-0.39, 0.29) is 4.90 Å². The lowest BCUT2D eigenvalue weighted by Crippen LogP contribution is -2.42. The molecular weight excluding hydrogens is 444 g/mol. The van der Waals surface area contributed by atoms with Gasteiger partial charge in [-0.05, 0) is 61.1 Å². The Balaban J connectivity index is 1.66. The van der Waals surface area contributed by atoms with Gasteiger partial charge in [-0.2, -0.15) is 0 Å². The van der Waals surface area contributed by atoms with E-state index in [0.29, 0.717) is 28.1 Å². The molecule has 7 nitrogen and oxygen atoms in total. The maximum atomic E-state index is 13.0. The Hall–Kier alpha value is -1.91. The maximum absolute atomic E-state index is 13.0. The zero-order valence-electron chi connectivity index (χ0n) is 16.7. The molecule has 30 heavy (non-hydrogen) atoms. The molecule has 1 aliphatic rings. The normalized spacial score (nSPS) is 14.9. The smallest absolute Gasteiger partial charge is 0.263 e. The van der Waals surface area contributed by atoms with Crippen molar-refractivity contribution in [3.05, 3.63) is 53.1 Å². The number of nitrogens with zero attached hydrogens (tertiary/aromatic N) is 1. The molecular formula is C20H25ClN4O3S2. The van der Waals surface area contributed by atoms with Crippen molar-refractivity contribution in [3.63, 3.8) is 0 Å². The molecule has 2 aromatic carbocycles. The second-order valence-corrected chi connectivity index (χ2v) is 9.44. The van der Waals surface area contributed by atoms with Gasteiger partial charge < -0.3 is 15.4 Å². The minimum atomic E-state index is -3.83. The summed E-state index contributed by atoms with van der Waals surface area (Å²) in [4.78, 5) is 2.41. The Bertz CT molecular complexity index is 978. The number of hydrogen-bond acceptors (Lipinski definition) is 5. The minimum absolute atomic E-state index is 0.120. The van der Waals surface area contributed by atoms with Crippen molar-refractivity contribution < 1.29 is 13.2 Å². The topological polar surface area (TPSA) is 82.7 Å². The van der Waals surface area contributed by atoms with E-state index in [0.717, 1.165) is 38.4 Å². The molecule has 0 unspecified atom stereocenters. The van der Waals surface area contributed by atoms with Crippen LogP contribution in [0.4, 0.5) is 11.4 Å². The molecule has 0 aliphatic carbocycles. The number of rotatable bonds is 7. The monoisotopic (exact) mass is 468 g/mol. The molecule has 1 aliphatic heterocycles. The van der Waals surface area contributed by atoms with E-state index in [2.05, 4.69) is 20.3 Å². The van der Waals surface area contributed by atoms with Gasteiger partial charge in [0.1, 0.15) is 4.90 Å². The Morgan fingerprint density at radius 3 is 2.57 bits per heavy atom. The van der Waals surface area contributed by atoms with E-state index in [4.69, 9.17) is 28.6 Å². The SMILES string of the molecule is Cc1ccc(NC(=S)NCCN2CCOCC2)c(S(=O)(=O)Nc2ccc(Cl)cc2)c1. The zero-order valence-corrected chi connectivity index (χ0v) is 19.0. The molecule has 0 atom stereocenters. The highest BCUT2D eigenvalue weighted by molar-refractivity contribution is 7.93. The van der Waals surface area contributed by atoms with Crippen LogP contribution in [0.15, 0.2) is 47.4 Å². The van der Waals surface area contributed by atoms with Crippen molar-refractivity contribution in [2.75, 3.05) is 49.4 Å². The van der Waals surface area contributed by atoms with Gasteiger partial charge in [0, 0.05) is 36.9 Å². The number of benzene rings is 2. The molecule has 3 N–H and O–H groups in total. The van der Waals surface area contributed by atoms with Crippen LogP contribution in [0, 0.1) is 6.92 Å². The molecule has 0 radical (unpaired) electrons. The van der Waals surface area contributed by atoms with Crippen molar-refractivity contribution in [2.24, 2.45) is 0 Å². The van der Waals surface area contributed by atoms with Gasteiger partial charge in [0.2, 0.25) is 0 Å². The van der Waals surface area contributed by atoms with Crippen molar-refractivity contribution in [2.45, 2.75) is 11.8 Å². The van der Waals surface area contributed by atoms with Crippen LogP contribution >= 0.6 is 23.8 Å². The number of aryl methyl sites for hydroxylation is 1. The summed E-state index contributed by atoms with van der Waals surface area (Å²) in [5, 5.41) is 7.05. The van der Waals surface area contributed by atoms with Gasteiger partial charge in [-0.25, -0.2) is 8.42 Å². The summed E-state index contributed by atoms with van der Waals surface area (Å²) in [6.45, 7) is 6.62. The first-order valence-corrected chi connectivity index (χ1v) is 11.8. The number of ether oxygens (including phenoxy) is 1. The third-order valence-electron chi connectivity index (χ3n) is 4.59. The first-order valence-electron chi connectivity index (χ1n) is 9.57. The zero-order chi connectivity index (χ0) is 21.6. The van der Waals surface area contributed by atoms with Crippen molar-refractivity contribution in [3.8, 4) is 0 Å². The molecule has 0 saturated carbocycles. The van der Waals surface area contributed by atoms with E-state index in [1.807, 2.05) is 13.0 Å². The molecule has 1 heterocycles. The third-order valence-corrected chi connectivity index (χ3v) is 6.51. The van der Waals surface area contributed by atoms with Gasteiger partial charge in [0.25, 0.3) is 10.0 Å². The first kappa shape index (κ1) is 22.8. The number of halogens is 1. The molecule has 10 heteroatoms. The Morgan fingerprint density at radius 2 is 1.87 bits per heavy atom. The molecule has 0 spiro atoms. The van der Waals surface area contributed by atoms with Crippen molar-refractivity contribution >= 4 is 50.3 Å². The Morgan fingerprint density at radius 1 is 1.17 bits per heavy atom.